The van der Waals surface area contributed by atoms with Gasteiger partial charge in [-0.2, -0.15) is 5.26 Å². The number of likely N-dealkylation sites (tertiary alicyclic amines) is 1. The number of H-pyrrole nitrogens is 1. The molecule has 2 aromatic carbocycles. The molecule has 9 nitrogen and oxygen atoms in total. The zero-order valence-electron chi connectivity index (χ0n) is 22.5. The fraction of sp³-hybridized carbons (Fsp3) is 0.355. The van der Waals surface area contributed by atoms with Crippen LogP contribution in [0.1, 0.15) is 63.3 Å². The van der Waals surface area contributed by atoms with Crippen molar-refractivity contribution in [3.8, 4) is 6.07 Å². The molecule has 1 saturated carbocycles. The van der Waals surface area contributed by atoms with Gasteiger partial charge in [-0.25, -0.2) is 0 Å². The number of nitrogens with one attached hydrogen (secondary N) is 2. The van der Waals surface area contributed by atoms with Gasteiger partial charge in [0.15, 0.2) is 0 Å². The van der Waals surface area contributed by atoms with Gasteiger partial charge in [-0.1, -0.05) is 31.4 Å². The lowest BCUT2D eigenvalue weighted by Gasteiger charge is -2.35. The van der Waals surface area contributed by atoms with Crippen molar-refractivity contribution in [2.75, 3.05) is 13.1 Å². The molecule has 204 valence electrons. The van der Waals surface area contributed by atoms with Crippen LogP contribution in [0.5, 0.6) is 0 Å². The second-order valence-electron chi connectivity index (χ2n) is 11.2. The SMILES string of the molecule is C=C(N)c1ccc2c(c1)CCc1cc(C(N)=O)ccc1C2(CCNCC(=C)N1C(C#N)C[C@@H]2C[C@@H]21)c1nnc[nH]1. The molecule has 1 amide bonds. The fourth-order valence-corrected chi connectivity index (χ4v) is 6.88. The number of aromatic amines is 1. The molecule has 1 saturated heterocycles. The summed E-state index contributed by atoms with van der Waals surface area (Å²) in [6, 6.07) is 14.8. The predicted octanol–water partition coefficient (Wildman–Crippen LogP) is 2.75. The molecule has 9 heteroatoms. The smallest absolute Gasteiger partial charge is 0.248 e. The van der Waals surface area contributed by atoms with Gasteiger partial charge in [0.25, 0.3) is 0 Å². The molecule has 3 aromatic rings. The molecule has 2 unspecified atom stereocenters. The molecule has 1 aliphatic heterocycles. The van der Waals surface area contributed by atoms with Gasteiger partial charge in [0.05, 0.1) is 11.5 Å². The van der Waals surface area contributed by atoms with E-state index < -0.39 is 11.3 Å². The molecule has 6 N–H and O–H groups in total. The lowest BCUT2D eigenvalue weighted by molar-refractivity contribution is 0.1000. The summed E-state index contributed by atoms with van der Waals surface area (Å²) in [6.07, 6.45) is 5.86. The predicted molar refractivity (Wildman–Crippen MR) is 153 cm³/mol. The van der Waals surface area contributed by atoms with Crippen molar-refractivity contribution >= 4 is 11.6 Å². The Hall–Kier alpha value is -4.42. The fourth-order valence-electron chi connectivity index (χ4n) is 6.88. The number of hydrogen-bond donors (Lipinski definition) is 4. The number of nitriles is 1. The van der Waals surface area contributed by atoms with Gasteiger partial charge in [0.2, 0.25) is 5.91 Å². The summed E-state index contributed by atoms with van der Waals surface area (Å²) >= 11 is 0. The number of benzene rings is 2. The standard InChI is InChI=1S/C31H34N8O/c1-18(39-25(15-32)13-24-14-28(24)39)16-35-10-9-31(30-36-17-37-38-30)26-7-5-20(19(2)33)11-21(26)3-4-22-12-23(29(34)40)6-8-27(22)31/h5-8,11-12,17,24-25,28,35H,1-4,9-10,13-14,16,33H2,(H2,34,40)(H,36,37,38)/t24-,25?,28+,31?/m1/s1. The van der Waals surface area contributed by atoms with Crippen LogP contribution in [-0.4, -0.2) is 51.2 Å². The minimum atomic E-state index is -0.666. The highest BCUT2D eigenvalue weighted by molar-refractivity contribution is 5.93. The molecule has 2 aliphatic carbocycles. The van der Waals surface area contributed by atoms with E-state index in [1.54, 1.807) is 12.4 Å². The molecule has 2 heterocycles. The third-order valence-electron chi connectivity index (χ3n) is 8.89. The van der Waals surface area contributed by atoms with Crippen LogP contribution in [-0.2, 0) is 18.3 Å². The molecule has 4 atom stereocenters. The number of carbonyl (C=O) groups excluding carboxylic acids is 1. The first-order chi connectivity index (χ1) is 19.3. The van der Waals surface area contributed by atoms with Crippen molar-refractivity contribution in [3.63, 3.8) is 0 Å². The number of carbonyl (C=O) groups is 1. The number of rotatable bonds is 9. The van der Waals surface area contributed by atoms with Crippen LogP contribution in [0.4, 0.5) is 0 Å². The van der Waals surface area contributed by atoms with Gasteiger partial charge in [-0.15, -0.1) is 10.2 Å². The Labute approximate surface area is 234 Å². The molecule has 6 rings (SSSR count). The number of nitrogens with two attached hydrogens (primary N) is 2. The van der Waals surface area contributed by atoms with Crippen molar-refractivity contribution in [1.82, 2.24) is 25.4 Å². The van der Waals surface area contributed by atoms with Crippen LogP contribution >= 0.6 is 0 Å². The number of primary amides is 1. The van der Waals surface area contributed by atoms with Crippen molar-refractivity contribution < 1.29 is 4.79 Å². The van der Waals surface area contributed by atoms with Crippen LogP contribution in [0, 0.1) is 17.2 Å². The van der Waals surface area contributed by atoms with E-state index in [0.29, 0.717) is 42.7 Å². The van der Waals surface area contributed by atoms with E-state index in [1.165, 1.54) is 0 Å². The van der Waals surface area contributed by atoms with E-state index in [1.807, 2.05) is 18.2 Å². The average Bonchev–Trinajstić information content (AvgIpc) is 3.34. The number of piperidine rings is 1. The lowest BCUT2D eigenvalue weighted by atomic mass is 9.69. The van der Waals surface area contributed by atoms with Crippen molar-refractivity contribution in [2.24, 2.45) is 17.4 Å². The maximum absolute atomic E-state index is 12.1. The molecular formula is C31H34N8O. The van der Waals surface area contributed by atoms with Gasteiger partial charge in [0, 0.05) is 29.5 Å². The Morgan fingerprint density at radius 1 is 1.12 bits per heavy atom. The van der Waals surface area contributed by atoms with Gasteiger partial charge in [-0.05, 0) is 90.6 Å². The third kappa shape index (κ3) is 4.25. The third-order valence-corrected chi connectivity index (χ3v) is 8.89. The van der Waals surface area contributed by atoms with Gasteiger partial charge in [0.1, 0.15) is 18.2 Å². The Morgan fingerprint density at radius 2 is 1.82 bits per heavy atom. The maximum atomic E-state index is 12.1. The highest BCUT2D eigenvalue weighted by Crippen LogP contribution is 2.49. The Balaban J connectivity index is 1.37. The second kappa shape index (κ2) is 9.96. The lowest BCUT2D eigenvalue weighted by Crippen LogP contribution is -2.38. The number of aromatic nitrogens is 3. The first-order valence-electron chi connectivity index (χ1n) is 13.8. The molecule has 3 aliphatic rings. The molecule has 40 heavy (non-hydrogen) atoms. The molecule has 0 radical (unpaired) electrons. The quantitative estimate of drug-likeness (QED) is 0.308. The van der Waals surface area contributed by atoms with E-state index in [9.17, 15) is 10.1 Å². The van der Waals surface area contributed by atoms with Crippen LogP contribution < -0.4 is 16.8 Å². The number of hydrogen-bond acceptors (Lipinski definition) is 7. The van der Waals surface area contributed by atoms with Crippen LogP contribution in [0.15, 0.2) is 61.6 Å². The zero-order chi connectivity index (χ0) is 28.0. The summed E-state index contributed by atoms with van der Waals surface area (Å²) in [4.78, 5) is 17.6. The van der Waals surface area contributed by atoms with E-state index in [0.717, 1.165) is 65.0 Å². The maximum Gasteiger partial charge on any atom is 0.248 e. The summed E-state index contributed by atoms with van der Waals surface area (Å²) in [5.41, 5.74) is 18.3. The number of aryl methyl sites for hydroxylation is 2. The van der Waals surface area contributed by atoms with Gasteiger partial charge >= 0.3 is 0 Å². The van der Waals surface area contributed by atoms with Gasteiger partial charge in [-0.3, -0.25) is 4.79 Å². The van der Waals surface area contributed by atoms with Crippen LogP contribution in [0.25, 0.3) is 5.70 Å². The van der Waals surface area contributed by atoms with E-state index in [4.69, 9.17) is 11.5 Å². The highest BCUT2D eigenvalue weighted by Gasteiger charge is 2.52. The summed E-state index contributed by atoms with van der Waals surface area (Å²) < 4.78 is 0. The van der Waals surface area contributed by atoms with E-state index in [-0.39, 0.29) is 6.04 Å². The number of nitrogens with zero attached hydrogens (tertiary/aromatic N) is 4. The first-order valence-corrected chi connectivity index (χ1v) is 13.8. The van der Waals surface area contributed by atoms with E-state index in [2.05, 4.69) is 56.8 Å². The first kappa shape index (κ1) is 25.8. The topological polar surface area (TPSA) is 150 Å². The minimum absolute atomic E-state index is 0.0786. The van der Waals surface area contributed by atoms with E-state index >= 15 is 0 Å². The second-order valence-corrected chi connectivity index (χ2v) is 11.2. The van der Waals surface area contributed by atoms with Crippen molar-refractivity contribution in [1.29, 1.82) is 5.26 Å². The summed E-state index contributed by atoms with van der Waals surface area (Å²) in [5.74, 6) is 0.913. The molecule has 0 bridgehead atoms. The van der Waals surface area contributed by atoms with Gasteiger partial charge < -0.3 is 26.7 Å². The van der Waals surface area contributed by atoms with Crippen LogP contribution in [0.2, 0.25) is 0 Å². The Bertz CT molecular complexity index is 1470. The number of fused-ring (bicyclic) bond motifs is 3. The zero-order valence-corrected chi connectivity index (χ0v) is 22.5. The van der Waals surface area contributed by atoms with Crippen molar-refractivity contribution in [2.45, 2.75) is 49.6 Å². The normalized spacial score (nSPS) is 24.3. The van der Waals surface area contributed by atoms with Crippen molar-refractivity contribution in [3.05, 3.63) is 101 Å². The molecule has 0 spiro atoms. The Morgan fingerprint density at radius 3 is 2.45 bits per heavy atom. The monoisotopic (exact) mass is 534 g/mol. The summed E-state index contributed by atoms with van der Waals surface area (Å²) in [6.45, 7) is 9.51. The average molecular weight is 535 g/mol. The van der Waals surface area contributed by atoms with Crippen LogP contribution in [0.3, 0.4) is 0 Å². The molecule has 2 fully saturated rings. The number of amides is 1. The molecular weight excluding hydrogens is 500 g/mol. The summed E-state index contributed by atoms with van der Waals surface area (Å²) in [5, 5.41) is 21.9. The summed E-state index contributed by atoms with van der Waals surface area (Å²) in [7, 11) is 0. The minimum Gasteiger partial charge on any atom is -0.399 e. The Kier molecular flexibility index (Phi) is 6.43. The molecule has 1 aromatic heterocycles. The highest BCUT2D eigenvalue weighted by atomic mass is 16.1. The largest absolute Gasteiger partial charge is 0.399 e.